The number of rotatable bonds is 2. The zero-order chi connectivity index (χ0) is 19.2. The Morgan fingerprint density at radius 3 is 2.15 bits per heavy atom. The summed E-state index contributed by atoms with van der Waals surface area (Å²) < 4.78 is 2.90. The lowest BCUT2D eigenvalue weighted by Crippen LogP contribution is -2.42. The maximum Gasteiger partial charge on any atom is 0.351 e. The molecule has 134 valence electrons. The van der Waals surface area contributed by atoms with Crippen LogP contribution < -0.4 is 22.2 Å². The molecule has 0 fully saturated rings. The van der Waals surface area contributed by atoms with E-state index in [4.69, 9.17) is 0 Å². The molecule has 3 aromatic rings. The first-order valence-corrected chi connectivity index (χ1v) is 7.79. The number of aryl methyl sites for hydroxylation is 4. The van der Waals surface area contributed by atoms with Crippen LogP contribution in [0, 0.1) is 13.8 Å². The van der Waals surface area contributed by atoms with Gasteiger partial charge in [-0.3, -0.25) is 19.1 Å². The van der Waals surface area contributed by atoms with E-state index in [0.29, 0.717) is 5.69 Å². The molecule has 0 amide bonds. The molecule has 1 N–H and O–H groups in total. The minimum absolute atomic E-state index is 0.188. The quantitative estimate of drug-likeness (QED) is 0.629. The van der Waals surface area contributed by atoms with E-state index in [-0.39, 0.29) is 11.3 Å². The molecule has 9 heteroatoms. The van der Waals surface area contributed by atoms with Gasteiger partial charge in [0.15, 0.2) is 5.69 Å². The SMILES string of the molecule is Cc1cc(C)cc(-n2c(=O)c(-c3c[nH]n(C)c(=O)c3=O)nn(C)c2=O)c1. The highest BCUT2D eigenvalue weighted by Crippen LogP contribution is 2.11. The van der Waals surface area contributed by atoms with Crippen LogP contribution in [-0.2, 0) is 14.1 Å². The minimum atomic E-state index is -0.874. The van der Waals surface area contributed by atoms with Crippen molar-refractivity contribution in [2.45, 2.75) is 13.8 Å². The van der Waals surface area contributed by atoms with Crippen LogP contribution in [0.15, 0.2) is 43.6 Å². The van der Waals surface area contributed by atoms with E-state index >= 15 is 0 Å². The van der Waals surface area contributed by atoms with Crippen LogP contribution in [0.1, 0.15) is 11.1 Å². The number of nitrogens with one attached hydrogen (secondary N) is 1. The molecule has 0 saturated heterocycles. The van der Waals surface area contributed by atoms with Gasteiger partial charge in [0.2, 0.25) is 0 Å². The molecule has 0 unspecified atom stereocenters. The fourth-order valence-corrected chi connectivity index (χ4v) is 2.78. The van der Waals surface area contributed by atoms with Crippen LogP contribution in [0.4, 0.5) is 0 Å². The first-order chi connectivity index (χ1) is 12.2. The second kappa shape index (κ2) is 6.10. The second-order valence-electron chi connectivity index (χ2n) is 6.12. The van der Waals surface area contributed by atoms with Crippen molar-refractivity contribution in [3.05, 3.63) is 76.9 Å². The number of hydrogen-bond acceptors (Lipinski definition) is 5. The Morgan fingerprint density at radius 1 is 0.923 bits per heavy atom. The average molecular weight is 355 g/mol. The smallest absolute Gasteiger partial charge is 0.302 e. The molecule has 2 aromatic heterocycles. The number of aromatic nitrogens is 5. The lowest BCUT2D eigenvalue weighted by molar-refractivity contribution is 0.633. The first-order valence-electron chi connectivity index (χ1n) is 7.79. The number of hydrogen-bond donors (Lipinski definition) is 1. The molecule has 0 saturated carbocycles. The summed E-state index contributed by atoms with van der Waals surface area (Å²) in [5, 5.41) is 6.48. The third kappa shape index (κ3) is 2.73. The summed E-state index contributed by atoms with van der Waals surface area (Å²) in [6.07, 6.45) is 1.23. The van der Waals surface area contributed by atoms with E-state index in [9.17, 15) is 19.2 Å². The van der Waals surface area contributed by atoms with E-state index in [2.05, 4.69) is 10.2 Å². The lowest BCUT2D eigenvalue weighted by Gasteiger charge is -2.11. The van der Waals surface area contributed by atoms with Gasteiger partial charge in [-0.05, 0) is 37.1 Å². The number of benzene rings is 1. The second-order valence-corrected chi connectivity index (χ2v) is 6.12. The normalized spacial score (nSPS) is 10.9. The van der Waals surface area contributed by atoms with Crippen LogP contribution in [0.2, 0.25) is 0 Å². The molecule has 0 radical (unpaired) electrons. The monoisotopic (exact) mass is 355 g/mol. The van der Waals surface area contributed by atoms with Gasteiger partial charge in [-0.15, -0.1) is 0 Å². The standard InChI is InChI=1S/C17H17N5O4/c1-9-5-10(2)7-11(6-9)22-15(24)13(19-21(4)17(22)26)12-8-18-20(3)16(25)14(12)23/h5-8,18H,1-4H3. The van der Waals surface area contributed by atoms with E-state index in [0.717, 1.165) is 25.1 Å². The van der Waals surface area contributed by atoms with Gasteiger partial charge >= 0.3 is 11.2 Å². The minimum Gasteiger partial charge on any atom is -0.302 e. The summed E-state index contributed by atoms with van der Waals surface area (Å²) in [6.45, 7) is 3.69. The van der Waals surface area contributed by atoms with E-state index in [1.165, 1.54) is 20.3 Å². The Labute approximate surface area is 146 Å². The van der Waals surface area contributed by atoms with Crippen molar-refractivity contribution in [2.75, 3.05) is 0 Å². The summed E-state index contributed by atoms with van der Waals surface area (Å²) >= 11 is 0. The van der Waals surface area contributed by atoms with Gasteiger partial charge in [-0.1, -0.05) is 6.07 Å². The van der Waals surface area contributed by atoms with E-state index in [1.807, 2.05) is 19.9 Å². The Hall–Kier alpha value is -3.49. The van der Waals surface area contributed by atoms with Crippen molar-refractivity contribution in [1.29, 1.82) is 0 Å². The summed E-state index contributed by atoms with van der Waals surface area (Å²) in [5.74, 6) is 0. The predicted octanol–water partition coefficient (Wildman–Crippen LogP) is -0.398. The van der Waals surface area contributed by atoms with Gasteiger partial charge in [0.05, 0.1) is 11.3 Å². The largest absolute Gasteiger partial charge is 0.351 e. The van der Waals surface area contributed by atoms with Gasteiger partial charge in [0, 0.05) is 20.3 Å². The topological polar surface area (TPSA) is 112 Å². The molecule has 26 heavy (non-hydrogen) atoms. The molecule has 1 aromatic carbocycles. The third-order valence-corrected chi connectivity index (χ3v) is 3.99. The zero-order valence-corrected chi connectivity index (χ0v) is 14.7. The molecule has 3 rings (SSSR count). The van der Waals surface area contributed by atoms with Gasteiger partial charge in [-0.2, -0.15) is 5.10 Å². The van der Waals surface area contributed by atoms with Crippen LogP contribution in [0.3, 0.4) is 0 Å². The Kier molecular flexibility index (Phi) is 4.07. The highest BCUT2D eigenvalue weighted by atomic mass is 16.2. The van der Waals surface area contributed by atoms with Crippen molar-refractivity contribution < 1.29 is 0 Å². The van der Waals surface area contributed by atoms with Gasteiger partial charge in [-0.25, -0.2) is 14.0 Å². The first kappa shape index (κ1) is 17.3. The Bertz CT molecular complexity index is 1240. The molecule has 2 heterocycles. The highest BCUT2D eigenvalue weighted by Gasteiger charge is 2.19. The van der Waals surface area contributed by atoms with Crippen molar-refractivity contribution in [3.8, 4) is 16.9 Å². The fourth-order valence-electron chi connectivity index (χ4n) is 2.78. The highest BCUT2D eigenvalue weighted by molar-refractivity contribution is 5.56. The van der Waals surface area contributed by atoms with E-state index in [1.54, 1.807) is 12.1 Å². The molecular weight excluding hydrogens is 338 g/mol. The van der Waals surface area contributed by atoms with Gasteiger partial charge in [0.25, 0.3) is 11.0 Å². The summed E-state index contributed by atoms with van der Waals surface area (Å²) in [6, 6.07) is 5.29. The Morgan fingerprint density at radius 2 is 1.54 bits per heavy atom. The predicted molar refractivity (Wildman–Crippen MR) is 95.8 cm³/mol. The molecule has 0 aliphatic carbocycles. The average Bonchev–Trinajstić information content (AvgIpc) is 2.56. The van der Waals surface area contributed by atoms with Crippen LogP contribution in [0.25, 0.3) is 16.9 Å². The lowest BCUT2D eigenvalue weighted by atomic mass is 10.1. The Balaban J connectivity index is 2.42. The molecule has 0 bridgehead atoms. The fraction of sp³-hybridized carbons (Fsp3) is 0.235. The summed E-state index contributed by atoms with van der Waals surface area (Å²) in [5.41, 5.74) is -1.45. The van der Waals surface area contributed by atoms with Crippen molar-refractivity contribution in [2.24, 2.45) is 14.1 Å². The number of aromatic amines is 1. The third-order valence-electron chi connectivity index (χ3n) is 3.99. The van der Waals surface area contributed by atoms with E-state index < -0.39 is 22.2 Å². The van der Waals surface area contributed by atoms with Crippen molar-refractivity contribution >= 4 is 0 Å². The molecule has 0 spiro atoms. The zero-order valence-electron chi connectivity index (χ0n) is 14.7. The van der Waals surface area contributed by atoms with Crippen molar-refractivity contribution in [1.82, 2.24) is 24.1 Å². The van der Waals surface area contributed by atoms with Crippen molar-refractivity contribution in [3.63, 3.8) is 0 Å². The molecule has 9 nitrogen and oxygen atoms in total. The maximum atomic E-state index is 12.9. The van der Waals surface area contributed by atoms with Crippen LogP contribution in [0.5, 0.6) is 0 Å². The molecule has 0 aliphatic rings. The van der Waals surface area contributed by atoms with Gasteiger partial charge in [0.1, 0.15) is 0 Å². The maximum absolute atomic E-state index is 12.9. The molecular formula is C17H17N5O4. The number of nitrogens with zero attached hydrogens (tertiary/aromatic N) is 4. The van der Waals surface area contributed by atoms with Gasteiger partial charge < -0.3 is 5.10 Å². The molecule has 0 aliphatic heterocycles. The summed E-state index contributed by atoms with van der Waals surface area (Å²) in [7, 11) is 2.76. The number of H-pyrrole nitrogens is 1. The van der Waals surface area contributed by atoms with Crippen LogP contribution >= 0.6 is 0 Å². The summed E-state index contributed by atoms with van der Waals surface area (Å²) in [4.78, 5) is 49.6. The van der Waals surface area contributed by atoms with Crippen LogP contribution in [-0.4, -0.2) is 24.1 Å². The molecule has 0 atom stereocenters.